The molecule has 0 saturated carbocycles. The molecule has 1 fully saturated rings. The van der Waals surface area contributed by atoms with Crippen molar-refractivity contribution in [3.63, 3.8) is 0 Å². The fraction of sp³-hybridized carbons (Fsp3) is 0.467. The van der Waals surface area contributed by atoms with Gasteiger partial charge >= 0.3 is 0 Å². The van der Waals surface area contributed by atoms with E-state index in [9.17, 15) is 15.6 Å². The molecule has 3 atom stereocenters. The molecular formula is C30H37N9O2Si. The Morgan fingerprint density at radius 2 is 2.02 bits per heavy atom. The third kappa shape index (κ3) is 6.21. The molecule has 1 aliphatic heterocycles. The first-order chi connectivity index (χ1) is 20.2. The van der Waals surface area contributed by atoms with E-state index in [0.29, 0.717) is 43.2 Å². The number of nitrogens with zero attached hydrogens (tertiary/aromatic N) is 9. The summed E-state index contributed by atoms with van der Waals surface area (Å²) in [5.74, 6) is 0.702. The van der Waals surface area contributed by atoms with Crippen LogP contribution in [0.1, 0.15) is 43.0 Å². The third-order valence-corrected chi connectivity index (χ3v) is 9.60. The minimum absolute atomic E-state index is 0.126. The number of fused-ring (bicyclic) bond motifs is 1. The molecule has 0 amide bonds. The summed E-state index contributed by atoms with van der Waals surface area (Å²) in [6.07, 6.45) is 9.29. The molecule has 1 N–H and O–H groups in total. The van der Waals surface area contributed by atoms with Gasteiger partial charge in [0, 0.05) is 68.8 Å². The molecule has 12 heteroatoms. The van der Waals surface area contributed by atoms with E-state index in [1.54, 1.807) is 31.7 Å². The van der Waals surface area contributed by atoms with Gasteiger partial charge < -0.3 is 19.3 Å². The van der Waals surface area contributed by atoms with Crippen molar-refractivity contribution in [1.82, 2.24) is 29.3 Å². The van der Waals surface area contributed by atoms with Gasteiger partial charge in [-0.3, -0.25) is 4.68 Å². The Morgan fingerprint density at radius 1 is 1.19 bits per heavy atom. The van der Waals surface area contributed by atoms with Gasteiger partial charge in [-0.25, -0.2) is 15.0 Å². The number of hydrogen-bond donors (Lipinski definition) is 1. The SMILES string of the molecule is CC(O)c1ccnc(N2CC[C@H]([C@H](CC#N)n3cc(-c4ncnc5c4ccn5COCC[Si](C)(C)C)cn3)C2)c1C#N. The summed E-state index contributed by atoms with van der Waals surface area (Å²) in [5, 5.41) is 35.3. The fourth-order valence-electron chi connectivity index (χ4n) is 5.55. The molecule has 0 aliphatic carbocycles. The number of aromatic nitrogens is 6. The lowest BCUT2D eigenvalue weighted by molar-refractivity contribution is 0.0899. The number of aliphatic hydroxyl groups excluding tert-OH is 1. The van der Waals surface area contributed by atoms with Crippen molar-refractivity contribution >= 4 is 24.9 Å². The van der Waals surface area contributed by atoms with E-state index in [1.165, 1.54) is 0 Å². The average molecular weight is 584 g/mol. The summed E-state index contributed by atoms with van der Waals surface area (Å²) in [6, 6.07) is 9.21. The van der Waals surface area contributed by atoms with Gasteiger partial charge in [-0.2, -0.15) is 15.6 Å². The van der Waals surface area contributed by atoms with Crippen LogP contribution in [0.5, 0.6) is 0 Å². The van der Waals surface area contributed by atoms with Gasteiger partial charge in [-0.05, 0) is 31.5 Å². The van der Waals surface area contributed by atoms with Gasteiger partial charge in [0.15, 0.2) is 0 Å². The van der Waals surface area contributed by atoms with Crippen LogP contribution in [0.25, 0.3) is 22.3 Å². The third-order valence-electron chi connectivity index (χ3n) is 7.89. The van der Waals surface area contributed by atoms with Crippen LogP contribution in [-0.2, 0) is 11.5 Å². The maximum absolute atomic E-state index is 10.1. The Labute approximate surface area is 247 Å². The molecule has 218 valence electrons. The lowest BCUT2D eigenvalue weighted by atomic mass is 9.96. The van der Waals surface area contributed by atoms with Gasteiger partial charge in [0.05, 0.1) is 36.5 Å². The zero-order valence-electron chi connectivity index (χ0n) is 24.6. The van der Waals surface area contributed by atoms with Crippen LogP contribution >= 0.6 is 0 Å². The minimum Gasteiger partial charge on any atom is -0.389 e. The molecule has 42 heavy (non-hydrogen) atoms. The molecule has 5 heterocycles. The summed E-state index contributed by atoms with van der Waals surface area (Å²) in [4.78, 5) is 15.7. The van der Waals surface area contributed by atoms with Crippen molar-refractivity contribution in [2.75, 3.05) is 24.6 Å². The Hall–Kier alpha value is -4.10. The lowest BCUT2D eigenvalue weighted by Crippen LogP contribution is -2.26. The minimum atomic E-state index is -1.16. The number of pyridine rings is 1. The maximum atomic E-state index is 10.1. The normalized spacial score (nSPS) is 16.8. The van der Waals surface area contributed by atoms with Gasteiger partial charge in [-0.15, -0.1) is 0 Å². The van der Waals surface area contributed by atoms with Crippen LogP contribution in [0.15, 0.2) is 43.2 Å². The Morgan fingerprint density at radius 3 is 2.76 bits per heavy atom. The van der Waals surface area contributed by atoms with Crippen molar-refractivity contribution in [2.24, 2.45) is 5.92 Å². The number of nitriles is 2. The largest absolute Gasteiger partial charge is 0.389 e. The van der Waals surface area contributed by atoms with Gasteiger partial charge in [-0.1, -0.05) is 19.6 Å². The number of aliphatic hydroxyl groups is 1. The van der Waals surface area contributed by atoms with Gasteiger partial charge in [0.1, 0.15) is 36.2 Å². The van der Waals surface area contributed by atoms with E-state index in [4.69, 9.17) is 4.74 Å². The topological polar surface area (TPSA) is 142 Å². The highest BCUT2D eigenvalue weighted by Gasteiger charge is 2.33. The van der Waals surface area contributed by atoms with E-state index in [2.05, 4.69) is 56.7 Å². The highest BCUT2D eigenvalue weighted by Crippen LogP contribution is 2.36. The Balaban J connectivity index is 1.34. The first kappa shape index (κ1) is 29.4. The summed E-state index contributed by atoms with van der Waals surface area (Å²) in [5.41, 5.74) is 3.41. The van der Waals surface area contributed by atoms with Crippen LogP contribution in [0.3, 0.4) is 0 Å². The van der Waals surface area contributed by atoms with Crippen LogP contribution in [0.4, 0.5) is 5.82 Å². The molecule has 1 unspecified atom stereocenters. The van der Waals surface area contributed by atoms with Gasteiger partial charge in [0.25, 0.3) is 0 Å². The molecular weight excluding hydrogens is 546 g/mol. The number of hydrogen-bond acceptors (Lipinski definition) is 9. The molecule has 0 aromatic carbocycles. The molecule has 0 radical (unpaired) electrons. The number of rotatable bonds is 11. The zero-order chi connectivity index (χ0) is 29.9. The highest BCUT2D eigenvalue weighted by molar-refractivity contribution is 6.76. The van der Waals surface area contributed by atoms with E-state index in [1.807, 2.05) is 27.7 Å². The molecule has 5 rings (SSSR count). The number of ether oxygens (including phenoxy) is 1. The van der Waals surface area contributed by atoms with E-state index in [0.717, 1.165) is 41.4 Å². The molecule has 4 aromatic heterocycles. The predicted octanol–water partition coefficient (Wildman–Crippen LogP) is 4.91. The first-order valence-electron chi connectivity index (χ1n) is 14.3. The van der Waals surface area contributed by atoms with Crippen molar-refractivity contribution < 1.29 is 9.84 Å². The van der Waals surface area contributed by atoms with Crippen molar-refractivity contribution in [3.8, 4) is 23.4 Å². The quantitative estimate of drug-likeness (QED) is 0.192. The zero-order valence-corrected chi connectivity index (χ0v) is 25.6. The van der Waals surface area contributed by atoms with E-state index in [-0.39, 0.29) is 12.0 Å². The standard InChI is InChI=1S/C30H37N9O2Si/c1-21(40)24-6-10-33-30(26(24)15-32)37-11-7-22(17-37)27(5-9-31)39-18-23(16-36-39)28-25-8-12-38(29(25)35-19-34-28)20-41-13-14-42(2,3)4/h6,8,10,12,16,18-19,21-22,27,40H,5,7,11,13-14,17,20H2,1-4H3/t21?,22-,27-/m0/s1. The molecule has 0 spiro atoms. The molecule has 0 bridgehead atoms. The summed E-state index contributed by atoms with van der Waals surface area (Å²) in [6.45, 7) is 11.2. The van der Waals surface area contributed by atoms with E-state index >= 15 is 0 Å². The predicted molar refractivity (Wildman–Crippen MR) is 162 cm³/mol. The Kier molecular flexibility index (Phi) is 8.68. The van der Waals surface area contributed by atoms with Crippen molar-refractivity contribution in [3.05, 3.63) is 54.4 Å². The number of anilines is 1. The maximum Gasteiger partial charge on any atom is 0.146 e. The van der Waals surface area contributed by atoms with Gasteiger partial charge in [0.2, 0.25) is 0 Å². The van der Waals surface area contributed by atoms with Crippen LogP contribution in [-0.4, -0.2) is 62.2 Å². The molecule has 1 aliphatic rings. The second-order valence-electron chi connectivity index (χ2n) is 12.1. The fourth-order valence-corrected chi connectivity index (χ4v) is 6.31. The second-order valence-corrected chi connectivity index (χ2v) is 17.7. The first-order valence-corrected chi connectivity index (χ1v) is 18.0. The van der Waals surface area contributed by atoms with Crippen LogP contribution in [0, 0.1) is 28.6 Å². The Bertz CT molecular complexity index is 1630. The second kappa shape index (κ2) is 12.4. The monoisotopic (exact) mass is 583 g/mol. The molecule has 1 saturated heterocycles. The van der Waals surface area contributed by atoms with Crippen LogP contribution in [0.2, 0.25) is 25.7 Å². The summed E-state index contributed by atoms with van der Waals surface area (Å²) in [7, 11) is -1.16. The summed E-state index contributed by atoms with van der Waals surface area (Å²) >= 11 is 0. The summed E-state index contributed by atoms with van der Waals surface area (Å²) < 4.78 is 9.83. The van der Waals surface area contributed by atoms with Crippen molar-refractivity contribution in [2.45, 2.75) is 64.3 Å². The van der Waals surface area contributed by atoms with Crippen molar-refractivity contribution in [1.29, 1.82) is 10.5 Å². The smallest absolute Gasteiger partial charge is 0.146 e. The highest BCUT2D eigenvalue weighted by atomic mass is 28.3. The van der Waals surface area contributed by atoms with E-state index < -0.39 is 14.2 Å². The average Bonchev–Trinajstić information content (AvgIpc) is 3.73. The lowest BCUT2D eigenvalue weighted by Gasteiger charge is -2.24. The molecule has 11 nitrogen and oxygen atoms in total. The molecule has 4 aromatic rings. The van der Waals surface area contributed by atoms with Crippen LogP contribution < -0.4 is 4.90 Å².